The molecule has 2 aromatic heterocycles. The zero-order valence-corrected chi connectivity index (χ0v) is 17.8. The second kappa shape index (κ2) is 8.80. The zero-order chi connectivity index (χ0) is 20.2. The van der Waals surface area contributed by atoms with Crippen molar-refractivity contribution in [2.75, 3.05) is 32.7 Å². The molecule has 0 saturated carbocycles. The van der Waals surface area contributed by atoms with Crippen LogP contribution in [0.3, 0.4) is 0 Å². The summed E-state index contributed by atoms with van der Waals surface area (Å²) in [6.45, 7) is 11.3. The largest absolute Gasteiger partial charge is 0.329 e. The highest BCUT2D eigenvalue weighted by Gasteiger charge is 2.27. The zero-order valence-electron chi connectivity index (χ0n) is 16.9. The third-order valence-electron chi connectivity index (χ3n) is 5.42. The smallest absolute Gasteiger partial charge is 0.270 e. The lowest BCUT2D eigenvalue weighted by molar-refractivity contribution is -0.898. The first-order chi connectivity index (χ1) is 14.1. The fourth-order valence-corrected chi connectivity index (χ4v) is 4.79. The Morgan fingerprint density at radius 1 is 1.21 bits per heavy atom. The first-order valence-electron chi connectivity index (χ1n) is 10.2. The standard InChI is InChI=1S/C24H27N3OS/c1-19(2)18-27-22(17-21-10-16-29-24(21)27)23(28)26-14-12-25(13-15-26)11-6-9-20-7-4-3-5-8-20/h3-10,16-17H,1,11-15,18H2,2H3/p+1/b9-6+. The van der Waals surface area contributed by atoms with Crippen LogP contribution in [0.1, 0.15) is 23.0 Å². The van der Waals surface area contributed by atoms with Crippen molar-refractivity contribution in [2.45, 2.75) is 13.5 Å². The highest BCUT2D eigenvalue weighted by molar-refractivity contribution is 7.16. The van der Waals surface area contributed by atoms with Crippen molar-refractivity contribution in [3.8, 4) is 0 Å². The van der Waals surface area contributed by atoms with E-state index in [2.05, 4.69) is 59.0 Å². The molecule has 0 atom stereocenters. The molecule has 0 bridgehead atoms. The van der Waals surface area contributed by atoms with Crippen molar-refractivity contribution in [3.63, 3.8) is 0 Å². The Morgan fingerprint density at radius 3 is 2.69 bits per heavy atom. The molecular weight excluding hydrogens is 378 g/mol. The van der Waals surface area contributed by atoms with Crippen LogP contribution in [0.4, 0.5) is 0 Å². The molecular formula is C24H28N3OS+. The van der Waals surface area contributed by atoms with Crippen molar-refractivity contribution in [1.82, 2.24) is 9.47 Å². The number of carbonyl (C=O) groups excluding carboxylic acids is 1. The van der Waals surface area contributed by atoms with Gasteiger partial charge in [-0.1, -0.05) is 48.6 Å². The average Bonchev–Trinajstić information content (AvgIpc) is 3.31. The van der Waals surface area contributed by atoms with Gasteiger partial charge in [0.05, 0.1) is 32.7 Å². The first kappa shape index (κ1) is 19.7. The van der Waals surface area contributed by atoms with Gasteiger partial charge in [0, 0.05) is 11.9 Å². The van der Waals surface area contributed by atoms with E-state index in [1.54, 1.807) is 11.3 Å². The number of hydrogen-bond donors (Lipinski definition) is 1. The van der Waals surface area contributed by atoms with Gasteiger partial charge in [-0.15, -0.1) is 11.3 Å². The van der Waals surface area contributed by atoms with Crippen LogP contribution in [0, 0.1) is 0 Å². The highest BCUT2D eigenvalue weighted by atomic mass is 32.1. The van der Waals surface area contributed by atoms with Crippen LogP contribution in [-0.2, 0) is 6.54 Å². The molecule has 4 rings (SSSR count). The number of aromatic nitrogens is 1. The van der Waals surface area contributed by atoms with E-state index < -0.39 is 0 Å². The van der Waals surface area contributed by atoms with Gasteiger partial charge in [0.15, 0.2) is 0 Å². The third-order valence-corrected chi connectivity index (χ3v) is 6.38. The minimum atomic E-state index is 0.147. The quantitative estimate of drug-likeness (QED) is 0.625. The van der Waals surface area contributed by atoms with Crippen LogP contribution in [-0.4, -0.2) is 48.1 Å². The Hall–Kier alpha value is -2.63. The predicted molar refractivity (Wildman–Crippen MR) is 122 cm³/mol. The number of amides is 1. The molecule has 1 amide bonds. The lowest BCUT2D eigenvalue weighted by Crippen LogP contribution is -3.14. The second-order valence-electron chi connectivity index (χ2n) is 7.81. The summed E-state index contributed by atoms with van der Waals surface area (Å²) in [4.78, 5) is 17.9. The molecule has 150 valence electrons. The van der Waals surface area contributed by atoms with Crippen LogP contribution < -0.4 is 4.90 Å². The van der Waals surface area contributed by atoms with E-state index in [1.807, 2.05) is 24.0 Å². The van der Waals surface area contributed by atoms with Crippen LogP contribution in [0.25, 0.3) is 16.3 Å². The summed E-state index contributed by atoms with van der Waals surface area (Å²) in [5.74, 6) is 0.147. The van der Waals surface area contributed by atoms with Gasteiger partial charge >= 0.3 is 0 Å². The minimum Gasteiger partial charge on any atom is -0.329 e. The van der Waals surface area contributed by atoms with E-state index in [0.717, 1.165) is 54.2 Å². The van der Waals surface area contributed by atoms with Gasteiger partial charge in [-0.05, 0) is 36.1 Å². The lowest BCUT2D eigenvalue weighted by Gasteiger charge is -2.32. The number of benzene rings is 1. The molecule has 0 aliphatic carbocycles. The molecule has 0 radical (unpaired) electrons. The van der Waals surface area contributed by atoms with Gasteiger partial charge in [-0.25, -0.2) is 0 Å². The van der Waals surface area contributed by atoms with Crippen molar-refractivity contribution in [1.29, 1.82) is 0 Å². The van der Waals surface area contributed by atoms with E-state index in [4.69, 9.17) is 0 Å². The van der Waals surface area contributed by atoms with Gasteiger partial charge in [-0.3, -0.25) is 4.79 Å². The molecule has 3 aromatic rings. The number of carbonyl (C=O) groups is 1. The number of allylic oxidation sites excluding steroid dienone is 1. The monoisotopic (exact) mass is 406 g/mol. The molecule has 5 heteroatoms. The molecule has 1 N–H and O–H groups in total. The Labute approximate surface area is 176 Å². The van der Waals surface area contributed by atoms with Gasteiger partial charge in [0.1, 0.15) is 10.5 Å². The molecule has 1 aliphatic heterocycles. The topological polar surface area (TPSA) is 29.7 Å². The Kier molecular flexibility index (Phi) is 5.97. The maximum atomic E-state index is 13.2. The molecule has 0 unspecified atom stereocenters. The Balaban J connectivity index is 1.38. The van der Waals surface area contributed by atoms with Crippen molar-refractivity contribution in [2.24, 2.45) is 0 Å². The SMILES string of the molecule is C=C(C)Cn1c(C(=O)N2CC[NH+](C/C=C/c3ccccc3)CC2)cc2ccsc21. The lowest BCUT2D eigenvalue weighted by atomic mass is 10.2. The second-order valence-corrected chi connectivity index (χ2v) is 8.71. The minimum absolute atomic E-state index is 0.147. The van der Waals surface area contributed by atoms with Crippen molar-refractivity contribution >= 4 is 33.5 Å². The number of rotatable bonds is 6. The van der Waals surface area contributed by atoms with Gasteiger partial charge in [-0.2, -0.15) is 0 Å². The van der Waals surface area contributed by atoms with Crippen molar-refractivity contribution < 1.29 is 9.69 Å². The maximum absolute atomic E-state index is 13.2. The molecule has 0 spiro atoms. The Morgan fingerprint density at radius 2 is 1.97 bits per heavy atom. The Bertz CT molecular complexity index is 1020. The van der Waals surface area contributed by atoms with Crippen LogP contribution in [0.15, 0.2) is 66.1 Å². The van der Waals surface area contributed by atoms with Crippen LogP contribution >= 0.6 is 11.3 Å². The molecule has 3 heterocycles. The first-order valence-corrected chi connectivity index (χ1v) is 11.1. The van der Waals surface area contributed by atoms with E-state index >= 15 is 0 Å². The number of nitrogens with zero attached hydrogens (tertiary/aromatic N) is 2. The number of piperazine rings is 1. The number of fused-ring (bicyclic) bond motifs is 1. The van der Waals surface area contributed by atoms with Gasteiger partial charge < -0.3 is 14.4 Å². The number of thiophene rings is 1. The van der Waals surface area contributed by atoms with Crippen LogP contribution in [0.2, 0.25) is 0 Å². The maximum Gasteiger partial charge on any atom is 0.270 e. The van der Waals surface area contributed by atoms with E-state index in [1.165, 1.54) is 10.5 Å². The van der Waals surface area contributed by atoms with Gasteiger partial charge in [0.2, 0.25) is 0 Å². The molecule has 1 saturated heterocycles. The summed E-state index contributed by atoms with van der Waals surface area (Å²) in [6.07, 6.45) is 4.43. The average molecular weight is 407 g/mol. The summed E-state index contributed by atoms with van der Waals surface area (Å²) in [5, 5.41) is 3.23. The number of hydrogen-bond acceptors (Lipinski definition) is 2. The summed E-state index contributed by atoms with van der Waals surface area (Å²) >= 11 is 1.69. The molecule has 4 nitrogen and oxygen atoms in total. The normalized spacial score (nSPS) is 15.4. The van der Waals surface area contributed by atoms with E-state index in [0.29, 0.717) is 6.54 Å². The fourth-order valence-electron chi connectivity index (χ4n) is 3.90. The van der Waals surface area contributed by atoms with E-state index in [9.17, 15) is 4.79 Å². The summed E-state index contributed by atoms with van der Waals surface area (Å²) in [7, 11) is 0. The van der Waals surface area contributed by atoms with Crippen LogP contribution in [0.5, 0.6) is 0 Å². The summed E-state index contributed by atoms with van der Waals surface area (Å²) in [5.41, 5.74) is 3.09. The summed E-state index contributed by atoms with van der Waals surface area (Å²) in [6, 6.07) is 14.5. The van der Waals surface area contributed by atoms with Crippen molar-refractivity contribution in [3.05, 3.63) is 77.3 Å². The highest BCUT2D eigenvalue weighted by Crippen LogP contribution is 2.27. The summed E-state index contributed by atoms with van der Waals surface area (Å²) < 4.78 is 2.13. The predicted octanol–water partition coefficient (Wildman–Crippen LogP) is 3.33. The molecule has 1 aromatic carbocycles. The van der Waals surface area contributed by atoms with Gasteiger partial charge in [0.25, 0.3) is 5.91 Å². The van der Waals surface area contributed by atoms with E-state index in [-0.39, 0.29) is 5.91 Å². The fraction of sp³-hybridized carbons (Fsp3) is 0.292. The number of nitrogens with one attached hydrogen (secondary N) is 1. The third kappa shape index (κ3) is 4.52. The number of quaternary nitrogens is 1. The molecule has 1 fully saturated rings. The molecule has 1 aliphatic rings. The molecule has 29 heavy (non-hydrogen) atoms.